The van der Waals surface area contributed by atoms with E-state index in [1.54, 1.807) is 11.9 Å². The van der Waals surface area contributed by atoms with E-state index in [9.17, 15) is 9.59 Å². The maximum Gasteiger partial charge on any atom is 0.303 e. The van der Waals surface area contributed by atoms with E-state index in [2.05, 4.69) is 11.9 Å². The van der Waals surface area contributed by atoms with Gasteiger partial charge in [-0.2, -0.15) is 0 Å². The van der Waals surface area contributed by atoms with Gasteiger partial charge in [0.1, 0.15) is 0 Å². The molecule has 1 fully saturated rings. The number of carboxylic acids is 1. The molecule has 0 saturated carbocycles. The summed E-state index contributed by atoms with van der Waals surface area (Å²) in [5.41, 5.74) is 5.71. The van der Waals surface area contributed by atoms with E-state index in [-0.39, 0.29) is 18.7 Å². The molecule has 0 aliphatic carbocycles. The van der Waals surface area contributed by atoms with Gasteiger partial charge in [0.05, 0.1) is 6.04 Å². The van der Waals surface area contributed by atoms with Gasteiger partial charge in [0.2, 0.25) is 5.91 Å². The minimum absolute atomic E-state index is 0.0654. The Bertz CT molecular complexity index is 309. The Balaban J connectivity index is 2.37. The van der Waals surface area contributed by atoms with Gasteiger partial charge < -0.3 is 20.6 Å². The van der Waals surface area contributed by atoms with Gasteiger partial charge in [0, 0.05) is 26.1 Å². The Labute approximate surface area is 108 Å². The Morgan fingerprint density at radius 2 is 2.22 bits per heavy atom. The lowest BCUT2D eigenvalue weighted by Gasteiger charge is -2.27. The topological polar surface area (TPSA) is 86.9 Å². The van der Waals surface area contributed by atoms with Crippen LogP contribution in [0.5, 0.6) is 0 Å². The van der Waals surface area contributed by atoms with Crippen molar-refractivity contribution in [2.75, 3.05) is 27.2 Å². The van der Waals surface area contributed by atoms with Crippen LogP contribution in [-0.4, -0.2) is 66.1 Å². The van der Waals surface area contributed by atoms with Crippen molar-refractivity contribution in [3.8, 4) is 0 Å². The smallest absolute Gasteiger partial charge is 0.303 e. The van der Waals surface area contributed by atoms with E-state index >= 15 is 0 Å². The van der Waals surface area contributed by atoms with Crippen molar-refractivity contribution >= 4 is 11.9 Å². The molecule has 0 bridgehead atoms. The first-order valence-corrected chi connectivity index (χ1v) is 6.34. The standard InChI is InChI=1S/C12H23N3O3/c1-14-7-3-4-9(14)8-15(2)12(18)10(13)5-6-11(16)17/h9-10H,3-8,13H2,1-2H3,(H,16,17). The zero-order chi connectivity index (χ0) is 13.7. The number of nitrogens with two attached hydrogens (primary N) is 1. The Morgan fingerprint density at radius 3 is 2.72 bits per heavy atom. The number of hydrogen-bond donors (Lipinski definition) is 2. The molecule has 3 N–H and O–H groups in total. The molecule has 1 rings (SSSR count). The van der Waals surface area contributed by atoms with Crippen LogP contribution in [0.15, 0.2) is 0 Å². The van der Waals surface area contributed by atoms with Crippen molar-refractivity contribution in [3.63, 3.8) is 0 Å². The average Bonchev–Trinajstić information content (AvgIpc) is 2.70. The van der Waals surface area contributed by atoms with Gasteiger partial charge in [-0.15, -0.1) is 0 Å². The van der Waals surface area contributed by atoms with Gasteiger partial charge in [0.15, 0.2) is 0 Å². The predicted octanol–water partition coefficient (Wildman–Crippen LogP) is -0.269. The number of rotatable bonds is 6. The van der Waals surface area contributed by atoms with Crippen LogP contribution in [0.4, 0.5) is 0 Å². The van der Waals surface area contributed by atoms with Gasteiger partial charge in [0.25, 0.3) is 0 Å². The largest absolute Gasteiger partial charge is 0.481 e. The van der Waals surface area contributed by atoms with E-state index in [1.165, 1.54) is 0 Å². The van der Waals surface area contributed by atoms with Crippen LogP contribution >= 0.6 is 0 Å². The van der Waals surface area contributed by atoms with E-state index in [1.807, 2.05) is 0 Å². The lowest BCUT2D eigenvalue weighted by molar-refractivity contribution is -0.137. The van der Waals surface area contributed by atoms with Crippen molar-refractivity contribution in [2.45, 2.75) is 37.8 Å². The van der Waals surface area contributed by atoms with E-state index in [0.717, 1.165) is 19.4 Å². The second kappa shape index (κ2) is 6.70. The monoisotopic (exact) mass is 257 g/mol. The summed E-state index contributed by atoms with van der Waals surface area (Å²) in [6.45, 7) is 1.73. The molecule has 1 aliphatic rings. The molecule has 6 heteroatoms. The normalized spacial score (nSPS) is 21.8. The molecular formula is C12H23N3O3. The maximum atomic E-state index is 11.9. The molecule has 18 heavy (non-hydrogen) atoms. The summed E-state index contributed by atoms with van der Waals surface area (Å²) in [6.07, 6.45) is 2.38. The summed E-state index contributed by atoms with van der Waals surface area (Å²) >= 11 is 0. The van der Waals surface area contributed by atoms with Crippen LogP contribution in [0.1, 0.15) is 25.7 Å². The summed E-state index contributed by atoms with van der Waals surface area (Å²) in [5, 5.41) is 8.56. The molecular weight excluding hydrogens is 234 g/mol. The number of aliphatic carboxylic acids is 1. The number of likely N-dealkylation sites (N-methyl/N-ethyl adjacent to an activating group) is 2. The van der Waals surface area contributed by atoms with Gasteiger partial charge in [-0.25, -0.2) is 0 Å². The molecule has 1 aliphatic heterocycles. The quantitative estimate of drug-likeness (QED) is 0.684. The zero-order valence-electron chi connectivity index (χ0n) is 11.1. The summed E-state index contributed by atoms with van der Waals surface area (Å²) in [4.78, 5) is 26.2. The Kier molecular flexibility index (Phi) is 5.55. The Hall–Kier alpha value is -1.14. The molecule has 0 radical (unpaired) electrons. The fourth-order valence-electron chi connectivity index (χ4n) is 2.30. The molecule has 0 aromatic carbocycles. The maximum absolute atomic E-state index is 11.9. The van der Waals surface area contributed by atoms with Crippen molar-refractivity contribution in [3.05, 3.63) is 0 Å². The van der Waals surface area contributed by atoms with Crippen LogP contribution < -0.4 is 5.73 Å². The second-order valence-electron chi connectivity index (χ2n) is 5.03. The SMILES string of the molecule is CN(CC1CCCN1C)C(=O)C(N)CCC(=O)O. The fourth-order valence-corrected chi connectivity index (χ4v) is 2.30. The third-order valence-electron chi connectivity index (χ3n) is 3.52. The minimum atomic E-state index is -0.920. The lowest BCUT2D eigenvalue weighted by Crippen LogP contribution is -2.46. The highest BCUT2D eigenvalue weighted by atomic mass is 16.4. The predicted molar refractivity (Wildman–Crippen MR) is 68.1 cm³/mol. The molecule has 2 atom stereocenters. The number of hydrogen-bond acceptors (Lipinski definition) is 4. The first-order chi connectivity index (χ1) is 8.41. The summed E-state index contributed by atoms with van der Waals surface area (Å²) in [7, 11) is 3.79. The highest BCUT2D eigenvalue weighted by molar-refractivity contribution is 5.82. The van der Waals surface area contributed by atoms with E-state index in [4.69, 9.17) is 10.8 Å². The average molecular weight is 257 g/mol. The molecule has 0 spiro atoms. The number of likely N-dealkylation sites (tertiary alicyclic amines) is 1. The summed E-state index contributed by atoms with van der Waals surface area (Å²) in [6, 6.07) is -0.316. The molecule has 1 saturated heterocycles. The molecule has 2 unspecified atom stereocenters. The lowest BCUT2D eigenvalue weighted by atomic mass is 10.1. The van der Waals surface area contributed by atoms with E-state index in [0.29, 0.717) is 12.6 Å². The van der Waals surface area contributed by atoms with Crippen molar-refractivity contribution in [1.29, 1.82) is 0 Å². The van der Waals surface area contributed by atoms with E-state index < -0.39 is 12.0 Å². The molecule has 0 aromatic rings. The van der Waals surface area contributed by atoms with Crippen molar-refractivity contribution in [2.24, 2.45) is 5.73 Å². The van der Waals surface area contributed by atoms with Gasteiger partial charge in [-0.1, -0.05) is 0 Å². The third-order valence-corrected chi connectivity index (χ3v) is 3.52. The fraction of sp³-hybridized carbons (Fsp3) is 0.833. The number of nitrogens with zero attached hydrogens (tertiary/aromatic N) is 2. The van der Waals surface area contributed by atoms with Crippen LogP contribution in [0.2, 0.25) is 0 Å². The molecule has 6 nitrogen and oxygen atoms in total. The number of carbonyl (C=O) groups is 2. The van der Waals surface area contributed by atoms with Gasteiger partial charge in [-0.3, -0.25) is 9.59 Å². The second-order valence-corrected chi connectivity index (χ2v) is 5.03. The van der Waals surface area contributed by atoms with Crippen LogP contribution in [-0.2, 0) is 9.59 Å². The molecule has 1 amide bonds. The first kappa shape index (κ1) is 14.9. The minimum Gasteiger partial charge on any atom is -0.481 e. The van der Waals surface area contributed by atoms with Crippen LogP contribution in [0, 0.1) is 0 Å². The van der Waals surface area contributed by atoms with Crippen molar-refractivity contribution < 1.29 is 14.7 Å². The van der Waals surface area contributed by atoms with Gasteiger partial charge in [-0.05, 0) is 32.9 Å². The number of carboxylic acid groups (broad SMARTS) is 1. The zero-order valence-corrected chi connectivity index (χ0v) is 11.1. The number of amides is 1. The van der Waals surface area contributed by atoms with Crippen LogP contribution in [0.3, 0.4) is 0 Å². The van der Waals surface area contributed by atoms with Crippen LogP contribution in [0.25, 0.3) is 0 Å². The highest BCUT2D eigenvalue weighted by Crippen LogP contribution is 2.15. The highest BCUT2D eigenvalue weighted by Gasteiger charge is 2.26. The van der Waals surface area contributed by atoms with Crippen molar-refractivity contribution in [1.82, 2.24) is 9.80 Å². The first-order valence-electron chi connectivity index (χ1n) is 6.34. The number of carbonyl (C=O) groups excluding carboxylic acids is 1. The molecule has 1 heterocycles. The summed E-state index contributed by atoms with van der Waals surface area (Å²) in [5.74, 6) is -1.09. The summed E-state index contributed by atoms with van der Waals surface area (Å²) < 4.78 is 0. The van der Waals surface area contributed by atoms with Gasteiger partial charge >= 0.3 is 5.97 Å². The molecule has 104 valence electrons. The molecule has 0 aromatic heterocycles. The third kappa shape index (κ3) is 4.27. The Morgan fingerprint density at radius 1 is 1.56 bits per heavy atom.